The van der Waals surface area contributed by atoms with Crippen LogP contribution in [0.3, 0.4) is 0 Å². The van der Waals surface area contributed by atoms with E-state index in [9.17, 15) is 14.4 Å². The van der Waals surface area contributed by atoms with Gasteiger partial charge in [-0.25, -0.2) is 4.79 Å². The van der Waals surface area contributed by atoms with Crippen molar-refractivity contribution in [1.82, 2.24) is 0 Å². The van der Waals surface area contributed by atoms with Gasteiger partial charge in [-0.2, -0.15) is 0 Å². The number of rotatable bonds is 3. The molecular weight excluding hydrogens is 304 g/mol. The summed E-state index contributed by atoms with van der Waals surface area (Å²) >= 11 is 0. The van der Waals surface area contributed by atoms with Crippen molar-refractivity contribution in [3.8, 4) is 0 Å². The normalized spacial score (nSPS) is 36.7. The first-order valence-corrected chi connectivity index (χ1v) is 7.31. The van der Waals surface area contributed by atoms with Gasteiger partial charge in [0.25, 0.3) is 0 Å². The average molecular weight is 318 g/mol. The van der Waals surface area contributed by atoms with Crippen molar-refractivity contribution in [2.75, 3.05) is 7.11 Å². The zero-order valence-electron chi connectivity index (χ0n) is 12.2. The summed E-state index contributed by atoms with van der Waals surface area (Å²) in [6, 6.07) is 8.47. The largest absolute Gasteiger partial charge is 0.469 e. The van der Waals surface area contributed by atoms with Crippen LogP contribution in [-0.2, 0) is 28.5 Å². The minimum atomic E-state index is -0.806. The highest BCUT2D eigenvalue weighted by Crippen LogP contribution is 2.51. The lowest BCUT2D eigenvalue weighted by Gasteiger charge is -2.26. The predicted octanol–water partition coefficient (Wildman–Crippen LogP) is 0.324. The molecular formula is C16H14O7. The molecule has 3 aliphatic rings. The third kappa shape index (κ3) is 1.96. The summed E-state index contributed by atoms with van der Waals surface area (Å²) in [5.74, 6) is -3.08. The number of benzene rings is 1. The van der Waals surface area contributed by atoms with Crippen molar-refractivity contribution in [1.29, 1.82) is 0 Å². The van der Waals surface area contributed by atoms with Crippen molar-refractivity contribution >= 4 is 17.9 Å². The second kappa shape index (κ2) is 5.06. The third-order valence-electron chi connectivity index (χ3n) is 4.63. The van der Waals surface area contributed by atoms with E-state index in [1.807, 2.05) is 0 Å². The summed E-state index contributed by atoms with van der Waals surface area (Å²) in [7, 11) is 1.25. The van der Waals surface area contributed by atoms with Crippen LogP contribution in [0.4, 0.5) is 0 Å². The lowest BCUT2D eigenvalue weighted by Crippen LogP contribution is -2.47. The fourth-order valence-electron chi connectivity index (χ4n) is 3.64. The molecule has 0 amide bonds. The van der Waals surface area contributed by atoms with E-state index in [-0.39, 0.29) is 0 Å². The van der Waals surface area contributed by atoms with Crippen LogP contribution in [0.2, 0.25) is 0 Å². The maximum atomic E-state index is 12.2. The van der Waals surface area contributed by atoms with E-state index in [2.05, 4.69) is 0 Å². The third-order valence-corrected chi connectivity index (χ3v) is 4.63. The topological polar surface area (TPSA) is 88.1 Å². The highest BCUT2D eigenvalue weighted by atomic mass is 16.7. The van der Waals surface area contributed by atoms with Crippen LogP contribution in [0.5, 0.6) is 0 Å². The van der Waals surface area contributed by atoms with Gasteiger partial charge in [0.2, 0.25) is 0 Å². The van der Waals surface area contributed by atoms with Crippen LogP contribution in [-0.4, -0.2) is 49.4 Å². The molecule has 0 aromatic heterocycles. The molecule has 120 valence electrons. The second-order valence-electron chi connectivity index (χ2n) is 5.78. The van der Waals surface area contributed by atoms with E-state index in [0.717, 1.165) is 0 Å². The summed E-state index contributed by atoms with van der Waals surface area (Å²) in [5.41, 5.74) is 0.380. The number of esters is 3. The molecule has 23 heavy (non-hydrogen) atoms. The summed E-state index contributed by atoms with van der Waals surface area (Å²) in [5, 5.41) is 0. The van der Waals surface area contributed by atoms with E-state index in [1.54, 1.807) is 30.3 Å². The minimum Gasteiger partial charge on any atom is -0.469 e. The molecule has 3 heterocycles. The maximum absolute atomic E-state index is 12.2. The molecule has 3 saturated heterocycles. The highest BCUT2D eigenvalue weighted by Gasteiger charge is 2.72. The molecule has 6 atom stereocenters. The molecule has 7 heteroatoms. The molecule has 0 radical (unpaired) electrons. The molecule has 6 unspecified atom stereocenters. The standard InChI is InChI=1S/C16H14O7/c1-20-15(18)8-9-11-13(23-16(9)19)12(10(8)21-11)22-14(17)7-5-3-2-4-6-7/h2-6,8-13H,1H3. The Kier molecular flexibility index (Phi) is 3.12. The van der Waals surface area contributed by atoms with Gasteiger partial charge in [0.05, 0.1) is 12.7 Å². The zero-order valence-corrected chi connectivity index (χ0v) is 12.2. The van der Waals surface area contributed by atoms with Crippen molar-refractivity contribution in [3.05, 3.63) is 35.9 Å². The zero-order chi connectivity index (χ0) is 16.1. The van der Waals surface area contributed by atoms with Gasteiger partial charge in [-0.15, -0.1) is 0 Å². The number of ether oxygens (including phenoxy) is 4. The van der Waals surface area contributed by atoms with E-state index in [1.165, 1.54) is 7.11 Å². The van der Waals surface area contributed by atoms with Crippen LogP contribution >= 0.6 is 0 Å². The van der Waals surface area contributed by atoms with Gasteiger partial charge in [0, 0.05) is 0 Å². The predicted molar refractivity (Wildman–Crippen MR) is 73.2 cm³/mol. The van der Waals surface area contributed by atoms with E-state index in [0.29, 0.717) is 5.56 Å². The number of carbonyl (C=O) groups is 3. The number of hydrogen-bond donors (Lipinski definition) is 0. The Bertz CT molecular complexity index is 670. The van der Waals surface area contributed by atoms with Gasteiger partial charge in [-0.1, -0.05) is 18.2 Å². The molecule has 0 aliphatic carbocycles. The number of fused-ring (bicyclic) bond motifs is 1. The highest BCUT2D eigenvalue weighted by molar-refractivity contribution is 5.90. The van der Waals surface area contributed by atoms with Gasteiger partial charge in [-0.05, 0) is 12.1 Å². The van der Waals surface area contributed by atoms with Gasteiger partial charge in [0.1, 0.15) is 24.0 Å². The molecule has 7 nitrogen and oxygen atoms in total. The fraction of sp³-hybridized carbons (Fsp3) is 0.438. The molecule has 0 spiro atoms. The molecule has 0 saturated carbocycles. The molecule has 3 fully saturated rings. The lowest BCUT2D eigenvalue weighted by atomic mass is 9.78. The molecule has 1 aromatic rings. The van der Waals surface area contributed by atoms with E-state index in [4.69, 9.17) is 18.9 Å². The van der Waals surface area contributed by atoms with Crippen LogP contribution in [0, 0.1) is 11.8 Å². The SMILES string of the molecule is COC(=O)C1C2OC3C(OC(=O)C31)C2OC(=O)c1ccccc1. The Hall–Kier alpha value is -2.41. The Morgan fingerprint density at radius 2 is 1.83 bits per heavy atom. The van der Waals surface area contributed by atoms with Crippen LogP contribution in [0.25, 0.3) is 0 Å². The van der Waals surface area contributed by atoms with Gasteiger partial charge in [0.15, 0.2) is 12.2 Å². The fourth-order valence-corrected chi connectivity index (χ4v) is 3.64. The Balaban J connectivity index is 1.59. The number of methoxy groups -OCH3 is 1. The van der Waals surface area contributed by atoms with Crippen LogP contribution in [0.15, 0.2) is 30.3 Å². The van der Waals surface area contributed by atoms with Crippen LogP contribution < -0.4 is 0 Å². The lowest BCUT2D eigenvalue weighted by molar-refractivity contribution is -0.153. The first-order chi connectivity index (χ1) is 11.1. The molecule has 0 N–H and O–H groups in total. The van der Waals surface area contributed by atoms with Gasteiger partial charge < -0.3 is 18.9 Å². The number of carbonyl (C=O) groups excluding carboxylic acids is 3. The van der Waals surface area contributed by atoms with Gasteiger partial charge >= 0.3 is 17.9 Å². The quantitative estimate of drug-likeness (QED) is 0.586. The first-order valence-electron chi connectivity index (χ1n) is 7.31. The summed E-state index contributed by atoms with van der Waals surface area (Å²) < 4.78 is 21.2. The molecule has 2 bridgehead atoms. The second-order valence-corrected chi connectivity index (χ2v) is 5.78. The van der Waals surface area contributed by atoms with Crippen molar-refractivity contribution in [3.63, 3.8) is 0 Å². The Morgan fingerprint density at radius 1 is 1.09 bits per heavy atom. The maximum Gasteiger partial charge on any atom is 0.338 e. The summed E-state index contributed by atoms with van der Waals surface area (Å²) in [6.07, 6.45) is -2.75. The minimum absolute atomic E-state index is 0.380. The van der Waals surface area contributed by atoms with Crippen molar-refractivity contribution in [2.24, 2.45) is 11.8 Å². The molecule has 3 aliphatic heterocycles. The van der Waals surface area contributed by atoms with Crippen molar-refractivity contribution in [2.45, 2.75) is 24.4 Å². The van der Waals surface area contributed by atoms with Gasteiger partial charge in [-0.3, -0.25) is 9.59 Å². The molecule has 4 rings (SSSR count). The van der Waals surface area contributed by atoms with E-state index < -0.39 is 54.2 Å². The Labute approximate surface area is 131 Å². The smallest absolute Gasteiger partial charge is 0.338 e. The summed E-state index contributed by atoms with van der Waals surface area (Å²) in [6.45, 7) is 0. The number of hydrogen-bond acceptors (Lipinski definition) is 7. The Morgan fingerprint density at radius 3 is 2.52 bits per heavy atom. The van der Waals surface area contributed by atoms with Crippen LogP contribution in [0.1, 0.15) is 10.4 Å². The first kappa shape index (κ1) is 14.2. The van der Waals surface area contributed by atoms with Crippen molar-refractivity contribution < 1.29 is 33.3 Å². The summed E-state index contributed by atoms with van der Waals surface area (Å²) in [4.78, 5) is 36.2. The van der Waals surface area contributed by atoms with E-state index >= 15 is 0 Å². The molecule has 1 aromatic carbocycles. The average Bonchev–Trinajstić information content (AvgIpc) is 3.18. The monoisotopic (exact) mass is 318 g/mol.